The van der Waals surface area contributed by atoms with Crippen LogP contribution < -0.4 is 14.8 Å². The van der Waals surface area contributed by atoms with Gasteiger partial charge in [-0.3, -0.25) is 0 Å². The first kappa shape index (κ1) is 26.2. The lowest BCUT2D eigenvalue weighted by molar-refractivity contribution is -0.0909. The van der Waals surface area contributed by atoms with Crippen molar-refractivity contribution in [3.05, 3.63) is 53.4 Å². The fourth-order valence-electron chi connectivity index (χ4n) is 4.37. The van der Waals surface area contributed by atoms with Crippen LogP contribution in [-0.2, 0) is 7.05 Å². The zero-order chi connectivity index (χ0) is 28.3. The number of aromatic nitrogens is 6. The van der Waals surface area contributed by atoms with Crippen LogP contribution in [-0.4, -0.2) is 75.9 Å². The van der Waals surface area contributed by atoms with Crippen molar-refractivity contribution in [3.8, 4) is 17.4 Å². The zero-order valence-electron chi connectivity index (χ0n) is 21.0. The van der Waals surface area contributed by atoms with Gasteiger partial charge in [0.2, 0.25) is 11.8 Å². The van der Waals surface area contributed by atoms with Crippen molar-refractivity contribution in [1.29, 1.82) is 0 Å². The van der Waals surface area contributed by atoms with Crippen LogP contribution in [0.4, 0.5) is 19.1 Å². The second kappa shape index (κ2) is 9.53. The smallest absolute Gasteiger partial charge is 0.417 e. The molecule has 0 radical (unpaired) electrons. The average molecular weight is 579 g/mol. The van der Waals surface area contributed by atoms with Crippen LogP contribution in [0.3, 0.4) is 0 Å². The summed E-state index contributed by atoms with van der Waals surface area (Å²) >= 11 is 6.69. The number of fused-ring (bicyclic) bond motifs is 2. The number of hydrogen-bond acceptors (Lipinski definition) is 10. The minimum atomic E-state index is -4.61. The number of rotatable bonds is 6. The maximum absolute atomic E-state index is 13.3. The van der Waals surface area contributed by atoms with E-state index >= 15 is 0 Å². The highest BCUT2D eigenvalue weighted by molar-refractivity contribution is 6.36. The van der Waals surface area contributed by atoms with Gasteiger partial charge in [0.25, 0.3) is 0 Å². The van der Waals surface area contributed by atoms with Crippen LogP contribution in [0.5, 0.6) is 17.4 Å². The maximum Gasteiger partial charge on any atom is 0.417 e. The lowest BCUT2D eigenvalue weighted by Gasteiger charge is -2.32. The first-order valence-corrected chi connectivity index (χ1v) is 12.4. The van der Waals surface area contributed by atoms with Crippen LogP contribution >= 0.6 is 11.6 Å². The van der Waals surface area contributed by atoms with Gasteiger partial charge in [-0.25, -0.2) is 14.5 Å². The molecule has 3 N–H and O–H groups in total. The fourth-order valence-corrected chi connectivity index (χ4v) is 4.67. The van der Waals surface area contributed by atoms with E-state index in [1.54, 1.807) is 13.2 Å². The van der Waals surface area contributed by atoms with Crippen LogP contribution in [0.2, 0.25) is 5.02 Å². The van der Waals surface area contributed by atoms with Crippen LogP contribution in [0, 0.1) is 0 Å². The molecule has 1 saturated carbocycles. The number of nitrogens with zero attached hydrogens (tertiary/aromatic N) is 7. The van der Waals surface area contributed by atoms with E-state index in [-0.39, 0.29) is 45.8 Å². The summed E-state index contributed by atoms with van der Waals surface area (Å²) in [6.45, 7) is 0. The number of allylic oxidation sites excluding steroid dienone is 2. The van der Waals surface area contributed by atoms with Crippen molar-refractivity contribution in [3.63, 3.8) is 0 Å². The van der Waals surface area contributed by atoms with Crippen LogP contribution in [0.25, 0.3) is 16.7 Å². The van der Waals surface area contributed by atoms with Crippen molar-refractivity contribution < 1.29 is 32.9 Å². The summed E-state index contributed by atoms with van der Waals surface area (Å²) in [6.07, 6.45) is 1.95. The molecule has 1 fully saturated rings. The summed E-state index contributed by atoms with van der Waals surface area (Å²) in [5.41, 5.74) is -0.132. The molecule has 1 aliphatic heterocycles. The number of anilines is 1. The predicted molar refractivity (Wildman–Crippen MR) is 136 cm³/mol. The number of likely N-dealkylation sites (N-methyl/N-ethyl adjacent to an activating group) is 1. The molecule has 1 aliphatic carbocycles. The van der Waals surface area contributed by atoms with Gasteiger partial charge in [-0.15, -0.1) is 0 Å². The Morgan fingerprint density at radius 3 is 2.60 bits per heavy atom. The number of aliphatic hydroxyl groups is 2. The van der Waals surface area contributed by atoms with Crippen molar-refractivity contribution in [1.82, 2.24) is 34.0 Å². The summed E-state index contributed by atoms with van der Waals surface area (Å²) in [5, 5.41) is 27.5. The van der Waals surface area contributed by atoms with Gasteiger partial charge >= 0.3 is 6.18 Å². The number of imidazole rings is 1. The van der Waals surface area contributed by atoms with Crippen molar-refractivity contribution in [2.75, 3.05) is 12.4 Å². The Bertz CT molecular complexity index is 1680. The van der Waals surface area contributed by atoms with E-state index in [1.807, 2.05) is 0 Å². The topological polar surface area (TPSA) is 135 Å². The molecule has 2 aliphatic rings. The number of nitrogens with one attached hydrogen (secondary N) is 1. The minimum absolute atomic E-state index is 0.0959. The molecule has 0 aromatic carbocycles. The third kappa shape index (κ3) is 4.45. The molecule has 16 heteroatoms. The van der Waals surface area contributed by atoms with Crippen LogP contribution in [0.1, 0.15) is 12.8 Å². The van der Waals surface area contributed by atoms with Gasteiger partial charge in [0.05, 0.1) is 29.8 Å². The molecule has 40 heavy (non-hydrogen) atoms. The molecular formula is C24H22ClF3N8O4. The molecule has 5 heterocycles. The highest BCUT2D eigenvalue weighted by Gasteiger charge is 2.37. The summed E-state index contributed by atoms with van der Waals surface area (Å²) in [5.74, 6) is 0.743. The number of aliphatic hydroxyl groups excluding tert-OH is 2. The van der Waals surface area contributed by atoms with E-state index in [9.17, 15) is 23.4 Å². The Balaban J connectivity index is 1.32. The third-order valence-corrected chi connectivity index (χ3v) is 7.09. The molecule has 210 valence electrons. The normalized spacial score (nSPS) is 21.3. The lowest BCUT2D eigenvalue weighted by Crippen LogP contribution is -2.41. The first-order chi connectivity index (χ1) is 19.0. The molecule has 4 aromatic heterocycles. The Morgan fingerprint density at radius 1 is 1.10 bits per heavy atom. The number of hydrogen-bond donors (Lipinski definition) is 3. The summed E-state index contributed by atoms with van der Waals surface area (Å²) in [6, 6.07) is 0. The lowest BCUT2D eigenvalue weighted by atomic mass is 9.92. The van der Waals surface area contributed by atoms with E-state index in [2.05, 4.69) is 25.4 Å². The summed E-state index contributed by atoms with van der Waals surface area (Å²) in [7, 11) is 2.91. The monoisotopic (exact) mass is 578 g/mol. The number of halogens is 4. The largest absolute Gasteiger partial charge is 0.470 e. The highest BCUT2D eigenvalue weighted by atomic mass is 35.5. The molecule has 4 aromatic rings. The van der Waals surface area contributed by atoms with Gasteiger partial charge in [0, 0.05) is 32.7 Å². The van der Waals surface area contributed by atoms with Gasteiger partial charge < -0.3 is 34.5 Å². The second-order valence-electron chi connectivity index (χ2n) is 9.39. The molecule has 0 spiro atoms. The molecule has 12 nitrogen and oxygen atoms in total. The molecule has 3 atom stereocenters. The molecule has 0 saturated heterocycles. The quantitative estimate of drug-likeness (QED) is 0.312. The van der Waals surface area contributed by atoms with Crippen LogP contribution in [0.15, 0.2) is 48.3 Å². The van der Waals surface area contributed by atoms with Gasteiger partial charge in [-0.2, -0.15) is 23.3 Å². The van der Waals surface area contributed by atoms with Gasteiger partial charge in [0.1, 0.15) is 16.6 Å². The number of pyridine rings is 1. The SMILES string of the molecule is CN1C=C(C(F)(F)F)C=C(Nc2nc3ncc(Oc4cnn5ccnc(O[C@H]6CC[C@@H]6O)c45)c(Cl)c3n2C)C1O. The van der Waals surface area contributed by atoms with Crippen molar-refractivity contribution in [2.45, 2.75) is 37.5 Å². The van der Waals surface area contributed by atoms with Gasteiger partial charge in [0.15, 0.2) is 28.9 Å². The Hall–Kier alpha value is -4.08. The molecule has 0 amide bonds. The number of ether oxygens (including phenoxy) is 2. The third-order valence-electron chi connectivity index (χ3n) is 6.73. The van der Waals surface area contributed by atoms with Crippen molar-refractivity contribution in [2.24, 2.45) is 7.05 Å². The first-order valence-electron chi connectivity index (χ1n) is 12.0. The Labute approximate surface area is 228 Å². The highest BCUT2D eigenvalue weighted by Crippen LogP contribution is 2.39. The maximum atomic E-state index is 13.3. The summed E-state index contributed by atoms with van der Waals surface area (Å²) < 4.78 is 54.9. The molecular weight excluding hydrogens is 557 g/mol. The van der Waals surface area contributed by atoms with E-state index in [0.717, 1.165) is 17.2 Å². The predicted octanol–water partition coefficient (Wildman–Crippen LogP) is 3.36. The molecule has 6 rings (SSSR count). The standard InChI is InChI=1S/C24H22ClF3N8O4/c1-34-10-11(24(26,27)28)7-12(22(34)38)32-23-33-20-19(35(23)2)17(25)15(8-30-20)39-16-9-31-36-6-5-29-21(18(16)36)40-14-4-3-13(14)37/h5-10,13-14,22,37-38H,3-4H2,1-2H3,(H,30,32,33)/t13-,14-,22?/m0/s1. The van der Waals surface area contributed by atoms with Crippen molar-refractivity contribution >= 4 is 34.2 Å². The second-order valence-corrected chi connectivity index (χ2v) is 9.76. The molecule has 1 unspecified atom stereocenters. The number of alkyl halides is 3. The Morgan fingerprint density at radius 2 is 1.90 bits per heavy atom. The van der Waals surface area contributed by atoms with E-state index in [0.29, 0.717) is 23.9 Å². The summed E-state index contributed by atoms with van der Waals surface area (Å²) in [4.78, 5) is 13.9. The van der Waals surface area contributed by atoms with E-state index in [1.165, 1.54) is 34.7 Å². The zero-order valence-corrected chi connectivity index (χ0v) is 21.7. The van der Waals surface area contributed by atoms with Gasteiger partial charge in [-0.05, 0) is 18.9 Å². The fraction of sp³-hybridized carbons (Fsp3) is 0.333. The van der Waals surface area contributed by atoms with E-state index in [4.69, 9.17) is 21.1 Å². The average Bonchev–Trinajstić information content (AvgIpc) is 3.46. The minimum Gasteiger partial charge on any atom is -0.470 e. The molecule has 0 bridgehead atoms. The van der Waals surface area contributed by atoms with E-state index < -0.39 is 24.1 Å². The number of aryl methyl sites for hydroxylation is 1. The Kier molecular flexibility index (Phi) is 6.23. The van der Waals surface area contributed by atoms with Gasteiger partial charge in [-0.1, -0.05) is 11.6 Å².